The van der Waals surface area contributed by atoms with Crippen molar-refractivity contribution < 1.29 is 4.74 Å². The first-order valence-electron chi connectivity index (χ1n) is 5.72. The van der Waals surface area contributed by atoms with Crippen LogP contribution in [-0.4, -0.2) is 6.61 Å². The van der Waals surface area contributed by atoms with Crippen LogP contribution in [-0.2, 0) is 6.42 Å². The molecule has 16 heavy (non-hydrogen) atoms. The van der Waals surface area contributed by atoms with Crippen LogP contribution in [0.1, 0.15) is 31.9 Å². The quantitative estimate of drug-likeness (QED) is 0.676. The zero-order valence-electron chi connectivity index (χ0n) is 10.2. The van der Waals surface area contributed by atoms with Gasteiger partial charge >= 0.3 is 0 Å². The fourth-order valence-electron chi connectivity index (χ4n) is 1.86. The molecule has 0 aromatic heterocycles. The van der Waals surface area contributed by atoms with Crippen molar-refractivity contribution in [1.82, 2.24) is 0 Å². The molecule has 1 aliphatic rings. The molecule has 0 fully saturated rings. The molecule has 0 radical (unpaired) electrons. The zero-order valence-corrected chi connectivity index (χ0v) is 10.2. The third kappa shape index (κ3) is 2.35. The molecule has 0 aliphatic carbocycles. The van der Waals surface area contributed by atoms with Crippen molar-refractivity contribution in [1.29, 1.82) is 0 Å². The molecule has 1 aliphatic heterocycles. The largest absolute Gasteiger partial charge is 0.488 e. The van der Waals surface area contributed by atoms with Crippen molar-refractivity contribution in [3.05, 3.63) is 46.5 Å². The van der Waals surface area contributed by atoms with Crippen LogP contribution in [0.25, 0.3) is 6.08 Å². The summed E-state index contributed by atoms with van der Waals surface area (Å²) in [6, 6.07) is 6.36. The van der Waals surface area contributed by atoms with E-state index in [1.807, 2.05) is 0 Å². The first kappa shape index (κ1) is 11.0. The van der Waals surface area contributed by atoms with Gasteiger partial charge in [-0.05, 0) is 44.4 Å². The second-order valence-corrected chi connectivity index (χ2v) is 4.60. The SMILES string of the molecule is CC(C)=CCc1cccc2c1OCC(C)=C2. The normalized spacial score (nSPS) is 13.6. The molecule has 0 spiro atoms. The monoisotopic (exact) mass is 214 g/mol. The topological polar surface area (TPSA) is 9.23 Å². The second kappa shape index (κ2) is 4.56. The molecule has 0 N–H and O–H groups in total. The third-order valence-electron chi connectivity index (χ3n) is 2.70. The molecule has 0 unspecified atom stereocenters. The first-order valence-corrected chi connectivity index (χ1v) is 5.72. The zero-order chi connectivity index (χ0) is 11.5. The van der Waals surface area contributed by atoms with Gasteiger partial charge in [-0.3, -0.25) is 0 Å². The maximum atomic E-state index is 5.80. The molecule has 0 atom stereocenters. The fourth-order valence-corrected chi connectivity index (χ4v) is 1.86. The molecule has 0 amide bonds. The number of fused-ring (bicyclic) bond motifs is 1. The van der Waals surface area contributed by atoms with Gasteiger partial charge < -0.3 is 4.74 Å². The van der Waals surface area contributed by atoms with E-state index in [0.29, 0.717) is 0 Å². The van der Waals surface area contributed by atoms with Crippen molar-refractivity contribution in [2.45, 2.75) is 27.2 Å². The van der Waals surface area contributed by atoms with Gasteiger partial charge in [0.1, 0.15) is 12.4 Å². The molecule has 84 valence electrons. The fraction of sp³-hybridized carbons (Fsp3) is 0.333. The van der Waals surface area contributed by atoms with Gasteiger partial charge in [0.05, 0.1) is 0 Å². The molecule has 0 saturated heterocycles. The maximum Gasteiger partial charge on any atom is 0.130 e. The number of allylic oxidation sites excluding steroid dienone is 2. The number of hydrogen-bond acceptors (Lipinski definition) is 1. The molecule has 1 aromatic carbocycles. The molecule has 2 rings (SSSR count). The number of ether oxygens (including phenoxy) is 1. The maximum absolute atomic E-state index is 5.80. The van der Waals surface area contributed by atoms with Gasteiger partial charge in [0.15, 0.2) is 0 Å². The highest BCUT2D eigenvalue weighted by atomic mass is 16.5. The van der Waals surface area contributed by atoms with Gasteiger partial charge in [0, 0.05) is 5.56 Å². The third-order valence-corrected chi connectivity index (χ3v) is 2.70. The standard InChI is InChI=1S/C15H18O/c1-11(2)7-8-13-5-4-6-14-9-12(3)10-16-15(13)14/h4-7,9H,8,10H2,1-3H3. The smallest absolute Gasteiger partial charge is 0.130 e. The van der Waals surface area contributed by atoms with Crippen molar-refractivity contribution in [3.8, 4) is 5.75 Å². The van der Waals surface area contributed by atoms with Crippen molar-refractivity contribution in [2.24, 2.45) is 0 Å². The summed E-state index contributed by atoms with van der Waals surface area (Å²) in [6.07, 6.45) is 5.41. The van der Waals surface area contributed by atoms with Gasteiger partial charge in [-0.1, -0.05) is 29.8 Å². The summed E-state index contributed by atoms with van der Waals surface area (Å²) in [5.41, 5.74) is 5.12. The Labute approximate surface area is 97.4 Å². The van der Waals surface area contributed by atoms with E-state index in [0.717, 1.165) is 18.8 Å². The van der Waals surface area contributed by atoms with Crippen LogP contribution in [0.2, 0.25) is 0 Å². The Morgan fingerprint density at radius 2 is 2.19 bits per heavy atom. The average molecular weight is 214 g/mol. The minimum absolute atomic E-state index is 0.721. The van der Waals surface area contributed by atoms with Crippen LogP contribution in [0.3, 0.4) is 0 Å². The second-order valence-electron chi connectivity index (χ2n) is 4.60. The van der Waals surface area contributed by atoms with E-state index in [9.17, 15) is 0 Å². The lowest BCUT2D eigenvalue weighted by Gasteiger charge is -2.18. The Balaban J connectivity index is 2.34. The predicted molar refractivity (Wildman–Crippen MR) is 68.7 cm³/mol. The summed E-state index contributed by atoms with van der Waals surface area (Å²) >= 11 is 0. The summed E-state index contributed by atoms with van der Waals surface area (Å²) < 4.78 is 5.80. The van der Waals surface area contributed by atoms with Gasteiger partial charge in [-0.2, -0.15) is 0 Å². The van der Waals surface area contributed by atoms with Crippen molar-refractivity contribution >= 4 is 6.08 Å². The Hall–Kier alpha value is -1.50. The Kier molecular flexibility index (Phi) is 3.14. The lowest BCUT2D eigenvalue weighted by Crippen LogP contribution is -2.07. The van der Waals surface area contributed by atoms with Crippen LogP contribution in [0, 0.1) is 0 Å². The first-order chi connectivity index (χ1) is 7.66. The van der Waals surface area contributed by atoms with Gasteiger partial charge in [-0.25, -0.2) is 0 Å². The predicted octanol–water partition coefficient (Wildman–Crippen LogP) is 3.99. The average Bonchev–Trinajstić information content (AvgIpc) is 2.25. The minimum atomic E-state index is 0.721. The summed E-state index contributed by atoms with van der Waals surface area (Å²) in [5, 5.41) is 0. The number of rotatable bonds is 2. The van der Waals surface area contributed by atoms with Crippen LogP contribution in [0.5, 0.6) is 5.75 Å². The van der Waals surface area contributed by atoms with E-state index in [4.69, 9.17) is 4.74 Å². The van der Waals surface area contributed by atoms with Gasteiger partial charge in [0.25, 0.3) is 0 Å². The summed E-state index contributed by atoms with van der Waals surface area (Å²) in [4.78, 5) is 0. The van der Waals surface area contributed by atoms with E-state index in [1.54, 1.807) is 0 Å². The number of benzene rings is 1. The molecule has 0 saturated carbocycles. The summed E-state index contributed by atoms with van der Waals surface area (Å²) in [7, 11) is 0. The molecule has 1 heteroatoms. The Morgan fingerprint density at radius 3 is 2.94 bits per heavy atom. The minimum Gasteiger partial charge on any atom is -0.488 e. The molecular weight excluding hydrogens is 196 g/mol. The van der Waals surface area contributed by atoms with E-state index < -0.39 is 0 Å². The number of hydrogen-bond donors (Lipinski definition) is 0. The molecule has 1 heterocycles. The van der Waals surface area contributed by atoms with Crippen LogP contribution in [0.4, 0.5) is 0 Å². The van der Waals surface area contributed by atoms with E-state index in [2.05, 4.69) is 51.1 Å². The van der Waals surface area contributed by atoms with Gasteiger partial charge in [0.2, 0.25) is 0 Å². The van der Waals surface area contributed by atoms with Crippen LogP contribution >= 0.6 is 0 Å². The molecule has 1 aromatic rings. The Bertz CT molecular complexity index is 449. The molecule has 1 nitrogen and oxygen atoms in total. The van der Waals surface area contributed by atoms with Crippen molar-refractivity contribution in [3.63, 3.8) is 0 Å². The van der Waals surface area contributed by atoms with E-state index in [1.165, 1.54) is 22.3 Å². The summed E-state index contributed by atoms with van der Waals surface area (Å²) in [5.74, 6) is 1.06. The van der Waals surface area contributed by atoms with Crippen molar-refractivity contribution in [2.75, 3.05) is 6.61 Å². The van der Waals surface area contributed by atoms with E-state index in [-0.39, 0.29) is 0 Å². The van der Waals surface area contributed by atoms with Gasteiger partial charge in [-0.15, -0.1) is 0 Å². The molecular formula is C15H18O. The lowest BCUT2D eigenvalue weighted by atomic mass is 10.0. The van der Waals surface area contributed by atoms with Crippen LogP contribution in [0.15, 0.2) is 35.4 Å². The van der Waals surface area contributed by atoms with Crippen LogP contribution < -0.4 is 4.74 Å². The number of para-hydroxylation sites is 1. The highest BCUT2D eigenvalue weighted by Gasteiger charge is 2.11. The molecule has 0 bridgehead atoms. The highest BCUT2D eigenvalue weighted by Crippen LogP contribution is 2.30. The van der Waals surface area contributed by atoms with E-state index >= 15 is 0 Å². The summed E-state index contributed by atoms with van der Waals surface area (Å²) in [6.45, 7) is 7.07. The highest BCUT2D eigenvalue weighted by molar-refractivity contribution is 5.64. The Morgan fingerprint density at radius 1 is 1.38 bits per heavy atom. The lowest BCUT2D eigenvalue weighted by molar-refractivity contribution is 0.344.